The SMILES string of the molecule is CSc1c(O)cccc1Br. The van der Waals surface area contributed by atoms with Gasteiger partial charge >= 0.3 is 0 Å². The summed E-state index contributed by atoms with van der Waals surface area (Å²) in [5, 5.41) is 9.24. The van der Waals surface area contributed by atoms with E-state index >= 15 is 0 Å². The fourth-order valence-electron chi connectivity index (χ4n) is 0.700. The minimum absolute atomic E-state index is 0.335. The van der Waals surface area contributed by atoms with Crippen LogP contribution >= 0.6 is 27.7 Å². The van der Waals surface area contributed by atoms with Crippen LogP contribution in [0.1, 0.15) is 0 Å². The second-order valence-electron chi connectivity index (χ2n) is 1.79. The molecule has 0 saturated carbocycles. The number of hydrogen-bond acceptors (Lipinski definition) is 2. The van der Waals surface area contributed by atoms with E-state index in [1.807, 2.05) is 12.3 Å². The van der Waals surface area contributed by atoms with Gasteiger partial charge in [0.2, 0.25) is 0 Å². The Morgan fingerprint density at radius 1 is 1.50 bits per heavy atom. The molecule has 0 aliphatic heterocycles. The van der Waals surface area contributed by atoms with Gasteiger partial charge < -0.3 is 5.11 Å². The summed E-state index contributed by atoms with van der Waals surface area (Å²) in [7, 11) is 0. The Morgan fingerprint density at radius 2 is 2.20 bits per heavy atom. The molecule has 0 fully saturated rings. The zero-order valence-electron chi connectivity index (χ0n) is 5.47. The van der Waals surface area contributed by atoms with E-state index in [0.717, 1.165) is 9.37 Å². The molecule has 1 N–H and O–H groups in total. The van der Waals surface area contributed by atoms with Crippen LogP contribution in [0.3, 0.4) is 0 Å². The van der Waals surface area contributed by atoms with Crippen molar-refractivity contribution in [3.63, 3.8) is 0 Å². The molecule has 0 aromatic heterocycles. The van der Waals surface area contributed by atoms with E-state index in [2.05, 4.69) is 15.9 Å². The Bertz CT molecular complexity index is 217. The molecule has 1 aromatic rings. The molecule has 54 valence electrons. The summed E-state index contributed by atoms with van der Waals surface area (Å²) in [6.07, 6.45) is 1.93. The zero-order chi connectivity index (χ0) is 7.56. The van der Waals surface area contributed by atoms with Crippen LogP contribution in [-0.2, 0) is 0 Å². The Kier molecular flexibility index (Phi) is 2.63. The highest BCUT2D eigenvalue weighted by Gasteiger charge is 2.01. The minimum atomic E-state index is 0.335. The van der Waals surface area contributed by atoms with E-state index in [4.69, 9.17) is 0 Å². The van der Waals surface area contributed by atoms with Crippen molar-refractivity contribution in [2.75, 3.05) is 6.26 Å². The molecule has 10 heavy (non-hydrogen) atoms. The number of hydrogen-bond donors (Lipinski definition) is 1. The van der Waals surface area contributed by atoms with Gasteiger partial charge in [-0.05, 0) is 34.3 Å². The first-order valence-electron chi connectivity index (χ1n) is 2.77. The normalized spacial score (nSPS) is 9.80. The van der Waals surface area contributed by atoms with Crippen LogP contribution in [0.5, 0.6) is 5.75 Å². The highest BCUT2D eigenvalue weighted by atomic mass is 79.9. The third-order valence-electron chi connectivity index (χ3n) is 1.15. The number of aromatic hydroxyl groups is 1. The maximum absolute atomic E-state index is 9.24. The predicted octanol–water partition coefficient (Wildman–Crippen LogP) is 2.88. The number of phenols is 1. The van der Waals surface area contributed by atoms with Crippen molar-refractivity contribution >= 4 is 27.7 Å². The zero-order valence-corrected chi connectivity index (χ0v) is 7.87. The van der Waals surface area contributed by atoms with Gasteiger partial charge in [0.25, 0.3) is 0 Å². The molecule has 1 rings (SSSR count). The van der Waals surface area contributed by atoms with Crippen molar-refractivity contribution in [1.82, 2.24) is 0 Å². The first-order valence-corrected chi connectivity index (χ1v) is 4.79. The molecule has 3 heteroatoms. The second-order valence-corrected chi connectivity index (χ2v) is 3.46. The smallest absolute Gasteiger partial charge is 0.130 e. The third kappa shape index (κ3) is 1.47. The average molecular weight is 219 g/mol. The lowest BCUT2D eigenvalue weighted by Crippen LogP contribution is -1.73. The van der Waals surface area contributed by atoms with Gasteiger partial charge in [-0.2, -0.15) is 0 Å². The van der Waals surface area contributed by atoms with E-state index in [9.17, 15) is 5.11 Å². The molecule has 0 amide bonds. The maximum Gasteiger partial charge on any atom is 0.130 e. The maximum atomic E-state index is 9.24. The van der Waals surface area contributed by atoms with Gasteiger partial charge in [-0.1, -0.05) is 6.07 Å². The van der Waals surface area contributed by atoms with Gasteiger partial charge in [-0.15, -0.1) is 11.8 Å². The number of thioether (sulfide) groups is 1. The topological polar surface area (TPSA) is 20.2 Å². The lowest BCUT2D eigenvalue weighted by atomic mass is 10.3. The molecule has 0 atom stereocenters. The van der Waals surface area contributed by atoms with Crippen molar-refractivity contribution in [1.29, 1.82) is 0 Å². The van der Waals surface area contributed by atoms with E-state index in [-0.39, 0.29) is 0 Å². The van der Waals surface area contributed by atoms with Crippen molar-refractivity contribution in [3.05, 3.63) is 22.7 Å². The van der Waals surface area contributed by atoms with E-state index in [1.54, 1.807) is 12.1 Å². The largest absolute Gasteiger partial charge is 0.507 e. The lowest BCUT2D eigenvalue weighted by molar-refractivity contribution is 0.462. The first-order chi connectivity index (χ1) is 4.75. The fourth-order valence-corrected chi connectivity index (χ4v) is 2.08. The van der Waals surface area contributed by atoms with Crippen LogP contribution in [0, 0.1) is 0 Å². The summed E-state index contributed by atoms with van der Waals surface area (Å²) in [5.41, 5.74) is 0. The Balaban J connectivity index is 3.17. The van der Waals surface area contributed by atoms with Gasteiger partial charge in [0.1, 0.15) is 5.75 Å². The van der Waals surface area contributed by atoms with Gasteiger partial charge in [0, 0.05) is 4.47 Å². The number of phenolic OH excluding ortho intramolecular Hbond substituents is 1. The summed E-state index contributed by atoms with van der Waals surface area (Å²) < 4.78 is 0.944. The highest BCUT2D eigenvalue weighted by molar-refractivity contribution is 9.10. The van der Waals surface area contributed by atoms with Gasteiger partial charge in [0.05, 0.1) is 4.90 Å². The quantitative estimate of drug-likeness (QED) is 0.733. The molecule has 0 heterocycles. The molecule has 0 unspecified atom stereocenters. The second kappa shape index (κ2) is 3.30. The molecule has 0 radical (unpaired) electrons. The summed E-state index contributed by atoms with van der Waals surface area (Å²) in [4.78, 5) is 0.891. The number of halogens is 1. The monoisotopic (exact) mass is 218 g/mol. The molecule has 1 aromatic carbocycles. The van der Waals surface area contributed by atoms with Gasteiger partial charge in [-0.25, -0.2) is 0 Å². The third-order valence-corrected chi connectivity index (χ3v) is 2.91. The number of benzene rings is 1. The molecule has 1 nitrogen and oxygen atoms in total. The fraction of sp³-hybridized carbons (Fsp3) is 0.143. The molecule has 0 bridgehead atoms. The lowest BCUT2D eigenvalue weighted by Gasteiger charge is -2.01. The Labute approximate surface area is 72.6 Å². The molecular weight excluding hydrogens is 212 g/mol. The molecular formula is C7H7BrOS. The van der Waals surface area contributed by atoms with Crippen LogP contribution in [0.4, 0.5) is 0 Å². The summed E-state index contributed by atoms with van der Waals surface area (Å²) in [6, 6.07) is 5.39. The molecule has 0 spiro atoms. The Hall–Kier alpha value is -0.150. The van der Waals surface area contributed by atoms with Gasteiger partial charge in [-0.3, -0.25) is 0 Å². The molecule has 0 aliphatic rings. The van der Waals surface area contributed by atoms with E-state index in [1.165, 1.54) is 11.8 Å². The van der Waals surface area contributed by atoms with Crippen molar-refractivity contribution in [3.8, 4) is 5.75 Å². The van der Waals surface area contributed by atoms with Crippen LogP contribution in [-0.4, -0.2) is 11.4 Å². The van der Waals surface area contributed by atoms with Crippen LogP contribution in [0.25, 0.3) is 0 Å². The van der Waals surface area contributed by atoms with Crippen LogP contribution < -0.4 is 0 Å². The molecule has 0 saturated heterocycles. The van der Waals surface area contributed by atoms with Crippen molar-refractivity contribution in [2.24, 2.45) is 0 Å². The summed E-state index contributed by atoms with van der Waals surface area (Å²) in [5.74, 6) is 0.335. The van der Waals surface area contributed by atoms with E-state index in [0.29, 0.717) is 5.75 Å². The van der Waals surface area contributed by atoms with Crippen molar-refractivity contribution in [2.45, 2.75) is 4.90 Å². The van der Waals surface area contributed by atoms with Gasteiger partial charge in [0.15, 0.2) is 0 Å². The predicted molar refractivity (Wildman–Crippen MR) is 47.6 cm³/mol. The summed E-state index contributed by atoms with van der Waals surface area (Å²) in [6.45, 7) is 0. The number of rotatable bonds is 1. The molecule has 0 aliphatic carbocycles. The Morgan fingerprint density at radius 3 is 2.60 bits per heavy atom. The van der Waals surface area contributed by atoms with Crippen LogP contribution in [0.15, 0.2) is 27.6 Å². The minimum Gasteiger partial charge on any atom is -0.507 e. The highest BCUT2D eigenvalue weighted by Crippen LogP contribution is 2.33. The van der Waals surface area contributed by atoms with E-state index < -0.39 is 0 Å². The van der Waals surface area contributed by atoms with Crippen molar-refractivity contribution < 1.29 is 5.11 Å². The average Bonchev–Trinajstić information content (AvgIpc) is 1.88. The standard InChI is InChI=1S/C7H7BrOS/c1-10-7-5(8)3-2-4-6(7)9/h2-4,9H,1H3. The summed E-state index contributed by atoms with van der Waals surface area (Å²) >= 11 is 4.85. The van der Waals surface area contributed by atoms with Crippen LogP contribution in [0.2, 0.25) is 0 Å². The first kappa shape index (κ1) is 7.95.